The first-order valence-corrected chi connectivity index (χ1v) is 7.95. The molecule has 0 bridgehead atoms. The Morgan fingerprint density at radius 1 is 1.61 bits per heavy atom. The summed E-state index contributed by atoms with van der Waals surface area (Å²) < 4.78 is 15.7. The van der Waals surface area contributed by atoms with Crippen LogP contribution in [0.3, 0.4) is 0 Å². The van der Waals surface area contributed by atoms with Gasteiger partial charge in [-0.3, -0.25) is 15.1 Å². The molecule has 1 heterocycles. The molecule has 1 atom stereocenters. The van der Waals surface area contributed by atoms with Gasteiger partial charge < -0.3 is 19.9 Å². The van der Waals surface area contributed by atoms with Crippen LogP contribution in [0.5, 0.6) is 5.75 Å². The van der Waals surface area contributed by atoms with Gasteiger partial charge in [-0.2, -0.15) is 0 Å². The second-order valence-electron chi connectivity index (χ2n) is 5.02. The number of thioether (sulfide) groups is 1. The summed E-state index contributed by atoms with van der Waals surface area (Å²) in [6.07, 6.45) is 0. The molecule has 1 aliphatic heterocycles. The number of methoxy groups -OCH3 is 1. The summed E-state index contributed by atoms with van der Waals surface area (Å²) in [5.74, 6) is 1.06. The van der Waals surface area contributed by atoms with Crippen LogP contribution < -0.4 is 10.5 Å². The molecule has 0 spiro atoms. The number of nitrogens with two attached hydrogens (primary N) is 1. The highest BCUT2D eigenvalue weighted by Crippen LogP contribution is 2.34. The van der Waals surface area contributed by atoms with E-state index in [-0.39, 0.29) is 18.5 Å². The molecule has 0 amide bonds. The van der Waals surface area contributed by atoms with E-state index in [1.54, 1.807) is 7.11 Å². The molecular formula is C14H19N3O5S. The minimum atomic E-state index is -0.429. The maximum Gasteiger partial charge on any atom is 0.270 e. The van der Waals surface area contributed by atoms with Crippen molar-refractivity contribution in [1.29, 1.82) is 0 Å². The van der Waals surface area contributed by atoms with Crippen molar-refractivity contribution in [3.05, 3.63) is 33.4 Å². The molecule has 8 nitrogen and oxygen atoms in total. The summed E-state index contributed by atoms with van der Waals surface area (Å²) in [6, 6.07) is 2.93. The van der Waals surface area contributed by atoms with E-state index in [4.69, 9.17) is 19.9 Å². The van der Waals surface area contributed by atoms with E-state index in [0.717, 1.165) is 0 Å². The lowest BCUT2D eigenvalue weighted by molar-refractivity contribution is -0.385. The SMILES string of the molecule is COC[C@@H](C)N=C(N)SCc1cc([N+](=O)[O-])cc2c1OCOC2. The first-order valence-electron chi connectivity index (χ1n) is 6.97. The van der Waals surface area contributed by atoms with Crippen LogP contribution in [0.2, 0.25) is 0 Å². The molecule has 126 valence electrons. The molecule has 23 heavy (non-hydrogen) atoms. The Balaban J connectivity index is 2.15. The van der Waals surface area contributed by atoms with Crippen LogP contribution in [0.15, 0.2) is 17.1 Å². The number of non-ortho nitro benzene ring substituents is 1. The van der Waals surface area contributed by atoms with Gasteiger partial charge >= 0.3 is 0 Å². The number of nitrogens with zero attached hydrogens (tertiary/aromatic N) is 2. The number of aliphatic imine (C=N–C) groups is 1. The Kier molecular flexibility index (Phi) is 6.20. The molecular weight excluding hydrogens is 322 g/mol. The lowest BCUT2D eigenvalue weighted by Crippen LogP contribution is -2.16. The zero-order valence-electron chi connectivity index (χ0n) is 13.0. The normalized spacial score (nSPS) is 15.7. The third kappa shape index (κ3) is 4.81. The molecule has 0 saturated carbocycles. The minimum Gasteiger partial charge on any atom is -0.467 e. The first kappa shape index (κ1) is 17.5. The molecule has 2 N–H and O–H groups in total. The zero-order valence-corrected chi connectivity index (χ0v) is 13.8. The summed E-state index contributed by atoms with van der Waals surface area (Å²) in [6.45, 7) is 2.81. The molecule has 0 aliphatic carbocycles. The van der Waals surface area contributed by atoms with E-state index in [9.17, 15) is 10.1 Å². The van der Waals surface area contributed by atoms with Gasteiger partial charge in [0.2, 0.25) is 0 Å². The number of ether oxygens (including phenoxy) is 3. The molecule has 0 saturated heterocycles. The van der Waals surface area contributed by atoms with E-state index in [1.165, 1.54) is 23.9 Å². The monoisotopic (exact) mass is 341 g/mol. The number of benzene rings is 1. The first-order chi connectivity index (χ1) is 11.0. The lowest BCUT2D eigenvalue weighted by Gasteiger charge is -2.20. The number of hydrogen-bond acceptors (Lipinski definition) is 7. The van der Waals surface area contributed by atoms with Crippen molar-refractivity contribution >= 4 is 22.6 Å². The van der Waals surface area contributed by atoms with Gasteiger partial charge in [0, 0.05) is 36.1 Å². The third-order valence-electron chi connectivity index (χ3n) is 3.11. The van der Waals surface area contributed by atoms with Crippen LogP contribution in [-0.4, -0.2) is 36.6 Å². The summed E-state index contributed by atoms with van der Waals surface area (Å²) in [5, 5.41) is 11.5. The topological polar surface area (TPSA) is 109 Å². The number of nitro benzene ring substituents is 1. The second kappa shape index (κ2) is 8.14. The molecule has 9 heteroatoms. The predicted molar refractivity (Wildman–Crippen MR) is 87.6 cm³/mol. The van der Waals surface area contributed by atoms with Gasteiger partial charge in [-0.25, -0.2) is 0 Å². The van der Waals surface area contributed by atoms with Crippen molar-refractivity contribution in [3.63, 3.8) is 0 Å². The molecule has 0 fully saturated rings. The Morgan fingerprint density at radius 2 is 2.39 bits per heavy atom. The van der Waals surface area contributed by atoms with Crippen LogP contribution in [-0.2, 0) is 21.8 Å². The van der Waals surface area contributed by atoms with Gasteiger partial charge in [0.25, 0.3) is 5.69 Å². The summed E-state index contributed by atoms with van der Waals surface area (Å²) >= 11 is 1.31. The summed E-state index contributed by atoms with van der Waals surface area (Å²) in [4.78, 5) is 14.9. The van der Waals surface area contributed by atoms with Crippen LogP contribution in [0.1, 0.15) is 18.1 Å². The second-order valence-corrected chi connectivity index (χ2v) is 6.02. The standard InChI is InChI=1S/C14H19N3O5S/c1-9(5-20-2)16-14(15)23-7-11-4-12(17(18)19)3-10-6-21-8-22-13(10)11/h3-4,9H,5-8H2,1-2H3,(H2,15,16)/t9-/m1/s1. The number of fused-ring (bicyclic) bond motifs is 1. The van der Waals surface area contributed by atoms with Crippen LogP contribution in [0.25, 0.3) is 0 Å². The van der Waals surface area contributed by atoms with E-state index < -0.39 is 4.92 Å². The maximum atomic E-state index is 11.0. The van der Waals surface area contributed by atoms with Crippen LogP contribution in [0.4, 0.5) is 5.69 Å². The third-order valence-corrected chi connectivity index (χ3v) is 3.97. The van der Waals surface area contributed by atoms with Crippen molar-refractivity contribution in [3.8, 4) is 5.75 Å². The summed E-state index contributed by atoms with van der Waals surface area (Å²) in [7, 11) is 1.60. The average molecular weight is 341 g/mol. The molecule has 1 aromatic carbocycles. The number of amidine groups is 1. The van der Waals surface area contributed by atoms with Crippen molar-refractivity contribution < 1.29 is 19.1 Å². The minimum absolute atomic E-state index is 0.0108. The fourth-order valence-electron chi connectivity index (χ4n) is 2.18. The van der Waals surface area contributed by atoms with E-state index in [2.05, 4.69) is 4.99 Å². The predicted octanol–water partition coefficient (Wildman–Crippen LogP) is 2.04. The van der Waals surface area contributed by atoms with Crippen molar-refractivity contribution in [1.82, 2.24) is 0 Å². The molecule has 0 aromatic heterocycles. The highest BCUT2D eigenvalue weighted by Gasteiger charge is 2.21. The van der Waals surface area contributed by atoms with Crippen molar-refractivity contribution in [2.24, 2.45) is 10.7 Å². The van der Waals surface area contributed by atoms with Gasteiger partial charge in [-0.05, 0) is 6.92 Å². The Hall–Kier alpha value is -1.84. The Labute approximate surface area is 138 Å². The zero-order chi connectivity index (χ0) is 16.8. The molecule has 0 radical (unpaired) electrons. The van der Waals surface area contributed by atoms with Crippen LogP contribution >= 0.6 is 11.8 Å². The van der Waals surface area contributed by atoms with Gasteiger partial charge in [0.1, 0.15) is 5.75 Å². The van der Waals surface area contributed by atoms with Crippen molar-refractivity contribution in [2.75, 3.05) is 20.5 Å². The largest absolute Gasteiger partial charge is 0.467 e. The number of rotatable bonds is 6. The van der Waals surface area contributed by atoms with Gasteiger partial charge in [-0.15, -0.1) is 0 Å². The smallest absolute Gasteiger partial charge is 0.270 e. The van der Waals surface area contributed by atoms with Gasteiger partial charge in [0.05, 0.1) is 24.2 Å². The Bertz CT molecular complexity index is 608. The van der Waals surface area contributed by atoms with Gasteiger partial charge in [0.15, 0.2) is 12.0 Å². The fourth-order valence-corrected chi connectivity index (χ4v) is 2.95. The van der Waals surface area contributed by atoms with Crippen LogP contribution in [0, 0.1) is 10.1 Å². The van der Waals surface area contributed by atoms with Gasteiger partial charge in [-0.1, -0.05) is 11.8 Å². The molecule has 1 aromatic rings. The molecule has 0 unspecified atom stereocenters. The van der Waals surface area contributed by atoms with E-state index in [1.807, 2.05) is 6.92 Å². The van der Waals surface area contributed by atoms with Crippen molar-refractivity contribution in [2.45, 2.75) is 25.3 Å². The number of nitro groups is 1. The summed E-state index contributed by atoms with van der Waals surface area (Å²) in [5.41, 5.74) is 7.27. The highest BCUT2D eigenvalue weighted by atomic mass is 32.2. The Morgan fingerprint density at radius 3 is 3.09 bits per heavy atom. The molecule has 2 rings (SSSR count). The number of hydrogen-bond donors (Lipinski definition) is 1. The van der Waals surface area contributed by atoms with E-state index >= 15 is 0 Å². The van der Waals surface area contributed by atoms with E-state index in [0.29, 0.717) is 41.0 Å². The molecule has 1 aliphatic rings. The maximum absolute atomic E-state index is 11.0. The quantitative estimate of drug-likeness (QED) is 0.365. The lowest BCUT2D eigenvalue weighted by atomic mass is 10.1. The average Bonchev–Trinajstić information content (AvgIpc) is 2.52. The fraction of sp³-hybridized carbons (Fsp3) is 0.500. The highest BCUT2D eigenvalue weighted by molar-refractivity contribution is 8.13.